The molecule has 0 aromatic heterocycles. The number of carboxylic acids is 1. The van der Waals surface area contributed by atoms with Crippen LogP contribution in [0.3, 0.4) is 0 Å². The van der Waals surface area contributed by atoms with Gasteiger partial charge in [-0.05, 0) is 36.3 Å². The van der Waals surface area contributed by atoms with Crippen molar-refractivity contribution in [1.82, 2.24) is 4.90 Å². The smallest absolute Gasteiger partial charge is 0.326 e. The third kappa shape index (κ3) is 2.71. The minimum absolute atomic E-state index is 0.136. The summed E-state index contributed by atoms with van der Waals surface area (Å²) in [6, 6.07) is 8.91. The molecule has 3 atom stereocenters. The summed E-state index contributed by atoms with van der Waals surface area (Å²) in [5.41, 5.74) is 0.942. The lowest BCUT2D eigenvalue weighted by Crippen LogP contribution is -2.42. The van der Waals surface area contributed by atoms with Gasteiger partial charge in [0.2, 0.25) is 5.91 Å². The molecule has 0 radical (unpaired) electrons. The summed E-state index contributed by atoms with van der Waals surface area (Å²) in [7, 11) is 0. The molecule has 1 saturated heterocycles. The molecule has 2 fully saturated rings. The van der Waals surface area contributed by atoms with Crippen LogP contribution in [0, 0.1) is 11.8 Å². The van der Waals surface area contributed by atoms with Crippen molar-refractivity contribution in [1.29, 1.82) is 0 Å². The van der Waals surface area contributed by atoms with E-state index in [1.807, 2.05) is 30.3 Å². The molecule has 0 spiro atoms. The Labute approximate surface area is 124 Å². The monoisotopic (exact) mass is 285 g/mol. The van der Waals surface area contributed by atoms with Crippen LogP contribution in [0.5, 0.6) is 0 Å². The van der Waals surface area contributed by atoms with Crippen LogP contribution in [0.15, 0.2) is 36.4 Å². The van der Waals surface area contributed by atoms with Crippen LogP contribution in [0.2, 0.25) is 0 Å². The van der Waals surface area contributed by atoms with E-state index < -0.39 is 12.0 Å². The van der Waals surface area contributed by atoms with Crippen LogP contribution >= 0.6 is 0 Å². The van der Waals surface area contributed by atoms with E-state index in [1.165, 1.54) is 11.0 Å². The second-order valence-electron chi connectivity index (χ2n) is 5.87. The van der Waals surface area contributed by atoms with E-state index in [0.717, 1.165) is 24.8 Å². The lowest BCUT2D eigenvalue weighted by atomic mass is 9.94. The normalized spacial score (nSPS) is 28.0. The van der Waals surface area contributed by atoms with Gasteiger partial charge in [-0.3, -0.25) is 4.79 Å². The lowest BCUT2D eigenvalue weighted by molar-refractivity contribution is -0.148. The van der Waals surface area contributed by atoms with Crippen molar-refractivity contribution < 1.29 is 14.7 Å². The molecule has 1 N–H and O–H groups in total. The Morgan fingerprint density at radius 3 is 2.67 bits per heavy atom. The number of carboxylic acid groups (broad SMARTS) is 1. The fraction of sp³-hybridized carbons (Fsp3) is 0.412. The zero-order chi connectivity index (χ0) is 14.8. The van der Waals surface area contributed by atoms with Crippen LogP contribution in [0.4, 0.5) is 0 Å². The SMILES string of the molecule is O=C(O)C1C2CCCC2CN1C(=O)/C=C/c1ccccc1. The van der Waals surface area contributed by atoms with Gasteiger partial charge >= 0.3 is 5.97 Å². The molecule has 1 aliphatic carbocycles. The number of carbonyl (C=O) groups excluding carboxylic acids is 1. The van der Waals surface area contributed by atoms with Crippen molar-refractivity contribution in [2.24, 2.45) is 11.8 Å². The first-order valence-corrected chi connectivity index (χ1v) is 7.43. The first-order valence-electron chi connectivity index (χ1n) is 7.43. The Morgan fingerprint density at radius 1 is 1.19 bits per heavy atom. The van der Waals surface area contributed by atoms with Gasteiger partial charge in [0.15, 0.2) is 0 Å². The van der Waals surface area contributed by atoms with Gasteiger partial charge in [0, 0.05) is 12.6 Å². The predicted octanol–water partition coefficient (Wildman–Crippen LogP) is 2.41. The summed E-state index contributed by atoms with van der Waals surface area (Å²) >= 11 is 0. The number of fused-ring (bicyclic) bond motifs is 1. The Hall–Kier alpha value is -2.10. The van der Waals surface area contributed by atoms with Crippen LogP contribution in [-0.2, 0) is 9.59 Å². The number of nitrogens with zero attached hydrogens (tertiary/aromatic N) is 1. The largest absolute Gasteiger partial charge is 0.480 e. The number of hydrogen-bond donors (Lipinski definition) is 1. The first-order chi connectivity index (χ1) is 10.2. The van der Waals surface area contributed by atoms with Crippen molar-refractivity contribution in [2.45, 2.75) is 25.3 Å². The third-order valence-corrected chi connectivity index (χ3v) is 4.64. The predicted molar refractivity (Wildman–Crippen MR) is 79.4 cm³/mol. The highest BCUT2D eigenvalue weighted by atomic mass is 16.4. The maximum Gasteiger partial charge on any atom is 0.326 e. The van der Waals surface area contributed by atoms with Gasteiger partial charge in [-0.25, -0.2) is 4.79 Å². The van der Waals surface area contributed by atoms with Gasteiger partial charge in [0.1, 0.15) is 6.04 Å². The minimum atomic E-state index is -0.870. The van der Waals surface area contributed by atoms with E-state index in [2.05, 4.69) is 0 Å². The van der Waals surface area contributed by atoms with Crippen molar-refractivity contribution in [2.75, 3.05) is 6.54 Å². The molecule has 3 rings (SSSR count). The van der Waals surface area contributed by atoms with Crippen LogP contribution < -0.4 is 0 Å². The van der Waals surface area contributed by atoms with E-state index in [0.29, 0.717) is 12.5 Å². The summed E-state index contributed by atoms with van der Waals surface area (Å²) in [6.45, 7) is 0.583. The number of amides is 1. The standard InChI is InChI=1S/C17H19NO3/c19-15(10-9-12-5-2-1-3-6-12)18-11-13-7-4-8-14(13)16(18)17(20)21/h1-3,5-6,9-10,13-14,16H,4,7-8,11H2,(H,20,21)/b10-9+. The fourth-order valence-electron chi connectivity index (χ4n) is 3.68. The van der Waals surface area contributed by atoms with Gasteiger partial charge in [0.05, 0.1) is 0 Å². The van der Waals surface area contributed by atoms with Gasteiger partial charge in [0.25, 0.3) is 0 Å². The molecule has 4 heteroatoms. The Balaban J connectivity index is 1.75. The van der Waals surface area contributed by atoms with Crippen LogP contribution in [0.25, 0.3) is 6.08 Å². The molecule has 0 bridgehead atoms. The summed E-state index contributed by atoms with van der Waals surface area (Å²) in [5, 5.41) is 9.45. The average Bonchev–Trinajstić information content (AvgIpc) is 3.05. The number of aliphatic carboxylic acids is 1. The van der Waals surface area contributed by atoms with E-state index in [-0.39, 0.29) is 11.8 Å². The van der Waals surface area contributed by atoms with E-state index in [1.54, 1.807) is 6.08 Å². The quantitative estimate of drug-likeness (QED) is 0.868. The highest BCUT2D eigenvalue weighted by Crippen LogP contribution is 2.42. The number of rotatable bonds is 3. The molecule has 1 heterocycles. The molecule has 1 aliphatic heterocycles. The highest BCUT2D eigenvalue weighted by molar-refractivity contribution is 5.95. The average molecular weight is 285 g/mol. The van der Waals surface area contributed by atoms with Crippen molar-refractivity contribution in [3.63, 3.8) is 0 Å². The fourth-order valence-corrected chi connectivity index (χ4v) is 3.68. The van der Waals surface area contributed by atoms with Gasteiger partial charge in [-0.1, -0.05) is 36.8 Å². The Kier molecular flexibility index (Phi) is 3.78. The lowest BCUT2D eigenvalue weighted by Gasteiger charge is -2.23. The molecule has 1 aromatic rings. The molecule has 21 heavy (non-hydrogen) atoms. The van der Waals surface area contributed by atoms with E-state index >= 15 is 0 Å². The molecule has 2 aliphatic rings. The molecular formula is C17H19NO3. The Bertz CT molecular complexity index is 567. The topological polar surface area (TPSA) is 57.6 Å². The molecule has 110 valence electrons. The molecule has 1 aromatic carbocycles. The minimum Gasteiger partial charge on any atom is -0.480 e. The summed E-state index contributed by atoms with van der Waals surface area (Å²) in [4.78, 5) is 25.4. The van der Waals surface area contributed by atoms with Crippen molar-refractivity contribution >= 4 is 18.0 Å². The van der Waals surface area contributed by atoms with Crippen molar-refractivity contribution in [3.05, 3.63) is 42.0 Å². The number of hydrogen-bond acceptors (Lipinski definition) is 2. The second-order valence-corrected chi connectivity index (χ2v) is 5.87. The van der Waals surface area contributed by atoms with Gasteiger partial charge in [-0.15, -0.1) is 0 Å². The molecular weight excluding hydrogens is 266 g/mol. The summed E-state index contributed by atoms with van der Waals surface area (Å²) < 4.78 is 0. The molecule has 3 unspecified atom stereocenters. The summed E-state index contributed by atoms with van der Waals surface area (Å²) in [6.07, 6.45) is 6.29. The van der Waals surface area contributed by atoms with Gasteiger partial charge < -0.3 is 10.0 Å². The number of benzene rings is 1. The second kappa shape index (κ2) is 5.72. The zero-order valence-electron chi connectivity index (χ0n) is 11.8. The first kappa shape index (κ1) is 13.9. The van der Waals surface area contributed by atoms with E-state index in [9.17, 15) is 14.7 Å². The van der Waals surface area contributed by atoms with Crippen LogP contribution in [-0.4, -0.2) is 34.5 Å². The zero-order valence-corrected chi connectivity index (χ0v) is 11.8. The molecule has 1 amide bonds. The maximum atomic E-state index is 12.3. The Morgan fingerprint density at radius 2 is 1.95 bits per heavy atom. The number of likely N-dealkylation sites (tertiary alicyclic amines) is 1. The summed E-state index contributed by atoms with van der Waals surface area (Å²) in [5.74, 6) is -0.566. The number of carbonyl (C=O) groups is 2. The molecule has 4 nitrogen and oxygen atoms in total. The maximum absolute atomic E-state index is 12.3. The molecule has 1 saturated carbocycles. The van der Waals surface area contributed by atoms with Gasteiger partial charge in [-0.2, -0.15) is 0 Å². The highest BCUT2D eigenvalue weighted by Gasteiger charge is 2.48. The third-order valence-electron chi connectivity index (χ3n) is 4.64. The van der Waals surface area contributed by atoms with E-state index in [4.69, 9.17) is 0 Å². The van der Waals surface area contributed by atoms with Crippen LogP contribution in [0.1, 0.15) is 24.8 Å². The van der Waals surface area contributed by atoms with Crippen molar-refractivity contribution in [3.8, 4) is 0 Å².